The van der Waals surface area contributed by atoms with Crippen molar-refractivity contribution in [2.24, 2.45) is 0 Å². The maximum Gasteiger partial charge on any atom is 0.161 e. The van der Waals surface area contributed by atoms with Gasteiger partial charge in [0.25, 0.3) is 0 Å². The fourth-order valence-corrected chi connectivity index (χ4v) is 3.71. The molecule has 0 spiro atoms. The molecule has 0 saturated carbocycles. The first-order valence-electron chi connectivity index (χ1n) is 9.59. The molecule has 2 atom stereocenters. The van der Waals surface area contributed by atoms with Gasteiger partial charge in [0.05, 0.1) is 20.3 Å². The minimum absolute atomic E-state index is 0.181. The van der Waals surface area contributed by atoms with Crippen LogP contribution in [0.25, 0.3) is 5.70 Å². The molecule has 1 aliphatic heterocycles. The number of ether oxygens (including phenoxy) is 2. The number of hydrogen-bond acceptors (Lipinski definition) is 5. The van der Waals surface area contributed by atoms with Gasteiger partial charge in [-0.05, 0) is 48.0 Å². The predicted molar refractivity (Wildman–Crippen MR) is 119 cm³/mol. The van der Waals surface area contributed by atoms with Gasteiger partial charge in [-0.1, -0.05) is 41.9 Å². The monoisotopic (exact) mass is 422 g/mol. The summed E-state index contributed by atoms with van der Waals surface area (Å²) in [6.45, 7) is 0. The molecule has 0 aliphatic carbocycles. The van der Waals surface area contributed by atoms with Gasteiger partial charge in [0.2, 0.25) is 0 Å². The number of halogens is 1. The molecule has 0 aromatic heterocycles. The highest BCUT2D eigenvalue weighted by Gasteiger charge is 2.26. The molecule has 0 saturated heterocycles. The molecule has 4 rings (SSSR count). The third kappa shape index (κ3) is 4.08. The summed E-state index contributed by atoms with van der Waals surface area (Å²) in [6, 6.07) is 20.6. The Labute approximate surface area is 180 Å². The average molecular weight is 423 g/mol. The van der Waals surface area contributed by atoms with E-state index in [1.807, 2.05) is 60.7 Å². The Morgan fingerprint density at radius 1 is 0.900 bits per heavy atom. The molecule has 1 heterocycles. The Bertz CT molecular complexity index is 1070. The fraction of sp³-hybridized carbons (Fsp3) is 0.167. The van der Waals surface area contributed by atoms with Crippen LogP contribution in [0.5, 0.6) is 17.2 Å². The summed E-state index contributed by atoms with van der Waals surface area (Å²) < 4.78 is 10.8. The smallest absolute Gasteiger partial charge is 0.161 e. The number of hydrogen-bond donors (Lipinski definition) is 3. The number of nitrogens with one attached hydrogen (secondary N) is 2. The minimum Gasteiger partial charge on any atom is -0.508 e. The quantitative estimate of drug-likeness (QED) is 0.538. The number of para-hydroxylation sites is 1. The lowest BCUT2D eigenvalue weighted by Gasteiger charge is -2.33. The number of phenolic OH excluding ortho intramolecular Hbond substituents is 1. The number of benzene rings is 3. The maximum atomic E-state index is 10.4. The number of phenols is 1. The summed E-state index contributed by atoms with van der Waals surface area (Å²) in [5.41, 5.74) is 3.71. The van der Waals surface area contributed by atoms with Crippen LogP contribution in [-0.4, -0.2) is 19.3 Å². The highest BCUT2D eigenvalue weighted by molar-refractivity contribution is 6.30. The van der Waals surface area contributed by atoms with Crippen LogP contribution < -0.4 is 20.1 Å². The fourth-order valence-electron chi connectivity index (χ4n) is 3.59. The molecule has 0 bridgehead atoms. The molecule has 3 aromatic carbocycles. The Balaban J connectivity index is 1.77. The van der Waals surface area contributed by atoms with Crippen molar-refractivity contribution in [3.05, 3.63) is 94.5 Å². The van der Waals surface area contributed by atoms with Gasteiger partial charge in [0.15, 0.2) is 11.5 Å². The van der Waals surface area contributed by atoms with Gasteiger partial charge in [-0.3, -0.25) is 5.32 Å². The third-order valence-corrected chi connectivity index (χ3v) is 5.40. The topological polar surface area (TPSA) is 62.8 Å². The van der Waals surface area contributed by atoms with Crippen molar-refractivity contribution >= 4 is 17.3 Å². The Morgan fingerprint density at radius 2 is 1.63 bits per heavy atom. The van der Waals surface area contributed by atoms with Crippen molar-refractivity contribution in [3.8, 4) is 17.2 Å². The van der Waals surface area contributed by atoms with Crippen molar-refractivity contribution in [1.82, 2.24) is 10.6 Å². The summed E-state index contributed by atoms with van der Waals surface area (Å²) >= 11 is 6.07. The molecule has 2 unspecified atom stereocenters. The molecule has 30 heavy (non-hydrogen) atoms. The summed E-state index contributed by atoms with van der Waals surface area (Å²) in [5, 5.41) is 18.2. The normalized spacial score (nSPS) is 18.3. The van der Waals surface area contributed by atoms with E-state index in [1.165, 1.54) is 0 Å². The third-order valence-electron chi connectivity index (χ3n) is 5.15. The van der Waals surface area contributed by atoms with Crippen LogP contribution in [0.1, 0.15) is 28.9 Å². The van der Waals surface area contributed by atoms with Gasteiger partial charge in [0.1, 0.15) is 11.9 Å². The highest BCUT2D eigenvalue weighted by atomic mass is 35.5. The van der Waals surface area contributed by atoms with Crippen LogP contribution in [0.3, 0.4) is 0 Å². The summed E-state index contributed by atoms with van der Waals surface area (Å²) in [5.74, 6) is 1.57. The molecule has 0 fully saturated rings. The van der Waals surface area contributed by atoms with E-state index in [0.717, 1.165) is 22.4 Å². The molecular weight excluding hydrogens is 400 g/mol. The van der Waals surface area contributed by atoms with Gasteiger partial charge in [-0.2, -0.15) is 0 Å². The predicted octanol–water partition coefficient (Wildman–Crippen LogP) is 5.04. The first kappa shape index (κ1) is 20.1. The van der Waals surface area contributed by atoms with E-state index in [0.29, 0.717) is 16.5 Å². The van der Waals surface area contributed by atoms with Crippen molar-refractivity contribution in [2.45, 2.75) is 12.2 Å². The minimum atomic E-state index is -0.198. The first-order valence-corrected chi connectivity index (χ1v) is 9.97. The Hall–Kier alpha value is -3.15. The van der Waals surface area contributed by atoms with E-state index in [1.54, 1.807) is 20.3 Å². The molecule has 3 aromatic rings. The van der Waals surface area contributed by atoms with Crippen molar-refractivity contribution in [3.63, 3.8) is 0 Å². The molecule has 5 nitrogen and oxygen atoms in total. The molecule has 6 heteroatoms. The molecule has 3 N–H and O–H groups in total. The zero-order valence-electron chi connectivity index (χ0n) is 16.7. The second-order valence-corrected chi connectivity index (χ2v) is 7.42. The zero-order chi connectivity index (χ0) is 21.1. The van der Waals surface area contributed by atoms with E-state index in [2.05, 4.69) is 16.7 Å². The van der Waals surface area contributed by atoms with Gasteiger partial charge in [-0.15, -0.1) is 0 Å². The van der Waals surface area contributed by atoms with Crippen LogP contribution in [0, 0.1) is 0 Å². The highest BCUT2D eigenvalue weighted by Crippen LogP contribution is 2.36. The van der Waals surface area contributed by atoms with Crippen LogP contribution in [0.4, 0.5) is 0 Å². The summed E-state index contributed by atoms with van der Waals surface area (Å²) in [4.78, 5) is 0. The van der Waals surface area contributed by atoms with E-state index < -0.39 is 0 Å². The largest absolute Gasteiger partial charge is 0.508 e. The lowest BCUT2D eigenvalue weighted by atomic mass is 9.97. The van der Waals surface area contributed by atoms with Crippen LogP contribution in [0.2, 0.25) is 5.02 Å². The first-order chi connectivity index (χ1) is 14.6. The van der Waals surface area contributed by atoms with Crippen LogP contribution in [-0.2, 0) is 0 Å². The van der Waals surface area contributed by atoms with Gasteiger partial charge in [0, 0.05) is 21.8 Å². The van der Waals surface area contributed by atoms with E-state index in [9.17, 15) is 5.11 Å². The second kappa shape index (κ2) is 8.69. The molecular formula is C24H23ClN2O3. The maximum absolute atomic E-state index is 10.4. The standard InChI is InChI=1S/C24H23ClN2O3/c1-29-22-12-9-16(13-23(22)30-2)19-14-20(18-5-3-4-6-21(18)28)27-24(26-19)15-7-10-17(25)11-8-15/h3-14,20,24,26-28H,1-2H3. The van der Waals surface area contributed by atoms with Gasteiger partial charge in [-0.25, -0.2) is 0 Å². The number of methoxy groups -OCH3 is 2. The molecule has 154 valence electrons. The number of rotatable bonds is 5. The van der Waals surface area contributed by atoms with Gasteiger partial charge >= 0.3 is 0 Å². The summed E-state index contributed by atoms with van der Waals surface area (Å²) in [6.07, 6.45) is 1.88. The lowest BCUT2D eigenvalue weighted by Crippen LogP contribution is -2.39. The van der Waals surface area contributed by atoms with Crippen LogP contribution >= 0.6 is 11.6 Å². The SMILES string of the molecule is COc1ccc(C2=CC(c3ccccc3O)NC(c3ccc(Cl)cc3)N2)cc1OC. The lowest BCUT2D eigenvalue weighted by molar-refractivity contribution is 0.354. The molecule has 0 amide bonds. The molecule has 0 radical (unpaired) electrons. The van der Waals surface area contributed by atoms with Gasteiger partial charge < -0.3 is 19.9 Å². The second-order valence-electron chi connectivity index (χ2n) is 6.98. The Kier molecular flexibility index (Phi) is 5.84. The van der Waals surface area contributed by atoms with Crippen LogP contribution in [0.15, 0.2) is 72.8 Å². The van der Waals surface area contributed by atoms with Crippen molar-refractivity contribution in [2.75, 3.05) is 14.2 Å². The van der Waals surface area contributed by atoms with Crippen molar-refractivity contribution < 1.29 is 14.6 Å². The van der Waals surface area contributed by atoms with Crippen molar-refractivity contribution in [1.29, 1.82) is 0 Å². The van der Waals surface area contributed by atoms with E-state index in [-0.39, 0.29) is 18.0 Å². The Morgan fingerprint density at radius 3 is 2.33 bits per heavy atom. The zero-order valence-corrected chi connectivity index (χ0v) is 17.5. The average Bonchev–Trinajstić information content (AvgIpc) is 2.79. The summed E-state index contributed by atoms with van der Waals surface area (Å²) in [7, 11) is 3.23. The molecule has 1 aliphatic rings. The van der Waals surface area contributed by atoms with E-state index in [4.69, 9.17) is 21.1 Å². The van der Waals surface area contributed by atoms with E-state index >= 15 is 0 Å². The number of aromatic hydroxyl groups is 1.